The Hall–Kier alpha value is -2.81. The van der Waals surface area contributed by atoms with Crippen molar-refractivity contribution in [2.24, 2.45) is 18.9 Å². The fourth-order valence-corrected chi connectivity index (χ4v) is 6.74. The number of aromatic nitrogens is 5. The van der Waals surface area contributed by atoms with Gasteiger partial charge in [-0.3, -0.25) is 14.6 Å². The maximum atomic E-state index is 13.6. The topological polar surface area (TPSA) is 101 Å². The standard InChI is InChI=1S/C26H36N8O/c1-31-21(33-12-4-5-18(33)14-32-10-2-3-11-32)13-20(30-31)19-15-34(24(16-6-7-16)17-8-9-17)26(35)22-23(19)28-29-25(22)27/h13,15-18,24H,2-12,14H2,1H3,(H3,27,28,29)/t18-/m1/s1. The molecule has 35 heavy (non-hydrogen) atoms. The second-order valence-electron chi connectivity index (χ2n) is 11.3. The van der Waals surface area contributed by atoms with Gasteiger partial charge in [-0.2, -0.15) is 10.2 Å². The SMILES string of the molecule is Cn1nc(-c2cn(C(C3CC3)C3CC3)c(=O)c3c(N)n[nH]c23)cc1N1CCC[C@@H]1CN1CCCC1. The maximum absolute atomic E-state index is 13.6. The highest BCUT2D eigenvalue weighted by Crippen LogP contribution is 2.52. The van der Waals surface area contributed by atoms with Crippen molar-refractivity contribution in [3.63, 3.8) is 0 Å². The van der Waals surface area contributed by atoms with Crippen LogP contribution in [0.1, 0.15) is 57.4 Å². The molecule has 2 aliphatic carbocycles. The van der Waals surface area contributed by atoms with Gasteiger partial charge in [-0.25, -0.2) is 0 Å². The zero-order valence-corrected chi connectivity index (χ0v) is 20.6. The van der Waals surface area contributed by atoms with E-state index < -0.39 is 0 Å². The first-order valence-electron chi connectivity index (χ1n) is 13.5. The summed E-state index contributed by atoms with van der Waals surface area (Å²) in [5.74, 6) is 2.65. The van der Waals surface area contributed by atoms with E-state index in [1.54, 1.807) is 0 Å². The van der Waals surface area contributed by atoms with E-state index in [9.17, 15) is 4.79 Å². The number of pyridine rings is 1. The highest BCUT2D eigenvalue weighted by atomic mass is 16.1. The Balaban J connectivity index is 1.29. The zero-order chi connectivity index (χ0) is 23.7. The lowest BCUT2D eigenvalue weighted by Gasteiger charge is -2.29. The van der Waals surface area contributed by atoms with E-state index in [1.807, 2.05) is 22.5 Å². The number of aromatic amines is 1. The Morgan fingerprint density at radius 2 is 1.83 bits per heavy atom. The lowest BCUT2D eigenvalue weighted by Crippen LogP contribution is -2.40. The minimum atomic E-state index is -0.0137. The van der Waals surface area contributed by atoms with Gasteiger partial charge in [0.05, 0.1) is 11.2 Å². The highest BCUT2D eigenvalue weighted by Gasteiger charge is 2.43. The van der Waals surface area contributed by atoms with Crippen LogP contribution in [0.4, 0.5) is 11.6 Å². The van der Waals surface area contributed by atoms with Crippen LogP contribution in [0.25, 0.3) is 22.2 Å². The summed E-state index contributed by atoms with van der Waals surface area (Å²) in [6.07, 6.45) is 12.0. The summed E-state index contributed by atoms with van der Waals surface area (Å²) in [4.78, 5) is 18.7. The van der Waals surface area contributed by atoms with Gasteiger partial charge in [0.2, 0.25) is 0 Å². The molecule has 0 bridgehead atoms. The summed E-state index contributed by atoms with van der Waals surface area (Å²) in [7, 11) is 2.04. The number of nitrogens with one attached hydrogen (secondary N) is 1. The summed E-state index contributed by atoms with van der Waals surface area (Å²) in [5, 5.41) is 12.7. The molecule has 0 unspecified atom stereocenters. The van der Waals surface area contributed by atoms with E-state index in [0.717, 1.165) is 30.2 Å². The van der Waals surface area contributed by atoms with Crippen molar-refractivity contribution in [3.8, 4) is 11.3 Å². The van der Waals surface area contributed by atoms with Gasteiger partial charge in [0.25, 0.3) is 5.56 Å². The van der Waals surface area contributed by atoms with Crippen molar-refractivity contribution in [1.29, 1.82) is 0 Å². The monoisotopic (exact) mass is 476 g/mol. The summed E-state index contributed by atoms with van der Waals surface area (Å²) in [6, 6.07) is 3.00. The van der Waals surface area contributed by atoms with Crippen LogP contribution in [0.2, 0.25) is 0 Å². The lowest BCUT2D eigenvalue weighted by atomic mass is 10.0. The van der Waals surface area contributed by atoms with Crippen LogP contribution in [0.3, 0.4) is 0 Å². The molecular weight excluding hydrogens is 440 g/mol. The average Bonchev–Trinajstić information content (AvgIpc) is 3.65. The first kappa shape index (κ1) is 21.5. The summed E-state index contributed by atoms with van der Waals surface area (Å²) >= 11 is 0. The highest BCUT2D eigenvalue weighted by molar-refractivity contribution is 5.97. The molecule has 7 rings (SSSR count). The number of fused-ring (bicyclic) bond motifs is 1. The van der Waals surface area contributed by atoms with Crippen molar-refractivity contribution in [3.05, 3.63) is 22.6 Å². The molecule has 0 radical (unpaired) electrons. The van der Waals surface area contributed by atoms with Crippen LogP contribution >= 0.6 is 0 Å². The van der Waals surface area contributed by atoms with Gasteiger partial charge in [-0.1, -0.05) is 0 Å². The van der Waals surface area contributed by atoms with Gasteiger partial charge in [-0.15, -0.1) is 0 Å². The molecule has 0 spiro atoms. The number of nitrogen functional groups attached to an aromatic ring is 1. The first-order valence-corrected chi connectivity index (χ1v) is 13.5. The van der Waals surface area contributed by atoms with Crippen LogP contribution in [0.15, 0.2) is 17.1 Å². The molecule has 186 valence electrons. The Bertz CT molecular complexity index is 1290. The van der Waals surface area contributed by atoms with Crippen molar-refractivity contribution in [2.45, 2.75) is 63.5 Å². The Morgan fingerprint density at radius 1 is 1.09 bits per heavy atom. The molecule has 3 aromatic heterocycles. The molecule has 0 aromatic carbocycles. The molecule has 2 aliphatic heterocycles. The molecule has 0 amide bonds. The summed E-state index contributed by atoms with van der Waals surface area (Å²) in [6.45, 7) is 4.65. The number of nitrogens with zero attached hydrogens (tertiary/aromatic N) is 6. The van der Waals surface area contributed by atoms with Crippen LogP contribution in [-0.4, -0.2) is 61.7 Å². The molecule has 2 saturated carbocycles. The summed E-state index contributed by atoms with van der Waals surface area (Å²) in [5.41, 5.74) is 8.70. The third-order valence-corrected chi connectivity index (χ3v) is 8.78. The molecule has 2 saturated heterocycles. The van der Waals surface area contributed by atoms with Crippen LogP contribution < -0.4 is 16.2 Å². The van der Waals surface area contributed by atoms with E-state index in [4.69, 9.17) is 10.8 Å². The molecule has 4 fully saturated rings. The largest absolute Gasteiger partial charge is 0.382 e. The Labute approximate surface area is 205 Å². The van der Waals surface area contributed by atoms with E-state index >= 15 is 0 Å². The van der Waals surface area contributed by atoms with Crippen molar-refractivity contribution in [2.75, 3.05) is 36.8 Å². The average molecular weight is 477 g/mol. The third-order valence-electron chi connectivity index (χ3n) is 8.78. The van der Waals surface area contributed by atoms with Gasteiger partial charge in [0, 0.05) is 50.0 Å². The Morgan fingerprint density at radius 3 is 2.54 bits per heavy atom. The van der Waals surface area contributed by atoms with Crippen molar-refractivity contribution < 1.29 is 0 Å². The van der Waals surface area contributed by atoms with E-state index in [-0.39, 0.29) is 17.4 Å². The number of nitrogens with two attached hydrogens (primary N) is 1. The number of anilines is 2. The minimum Gasteiger partial charge on any atom is -0.382 e. The Kier molecular flexibility index (Phi) is 4.98. The second-order valence-corrected chi connectivity index (χ2v) is 11.3. The predicted molar refractivity (Wildman–Crippen MR) is 137 cm³/mol. The predicted octanol–water partition coefficient (Wildman–Crippen LogP) is 3.13. The third kappa shape index (κ3) is 3.66. The smallest absolute Gasteiger partial charge is 0.264 e. The number of rotatable bonds is 7. The van der Waals surface area contributed by atoms with Gasteiger partial charge in [0.15, 0.2) is 5.82 Å². The van der Waals surface area contributed by atoms with Gasteiger partial charge in [-0.05, 0) is 76.3 Å². The summed E-state index contributed by atoms with van der Waals surface area (Å²) < 4.78 is 4.00. The number of hydrogen-bond donors (Lipinski definition) is 2. The normalized spacial score (nSPS) is 23.4. The van der Waals surface area contributed by atoms with E-state index in [1.165, 1.54) is 64.5 Å². The lowest BCUT2D eigenvalue weighted by molar-refractivity contribution is 0.313. The number of likely N-dealkylation sites (tertiary alicyclic amines) is 1. The van der Waals surface area contributed by atoms with Gasteiger partial charge < -0.3 is 20.1 Å². The molecule has 9 nitrogen and oxygen atoms in total. The fourth-order valence-electron chi connectivity index (χ4n) is 6.74. The maximum Gasteiger partial charge on any atom is 0.264 e. The van der Waals surface area contributed by atoms with Crippen LogP contribution in [0.5, 0.6) is 0 Å². The van der Waals surface area contributed by atoms with Crippen molar-refractivity contribution in [1.82, 2.24) is 29.4 Å². The van der Waals surface area contributed by atoms with Gasteiger partial charge in [0.1, 0.15) is 11.2 Å². The van der Waals surface area contributed by atoms with E-state index in [0.29, 0.717) is 28.8 Å². The van der Waals surface area contributed by atoms with Crippen molar-refractivity contribution >= 4 is 22.5 Å². The van der Waals surface area contributed by atoms with Gasteiger partial charge >= 0.3 is 0 Å². The molecule has 1 atom stereocenters. The molecule has 3 aromatic rings. The number of H-pyrrole nitrogens is 1. The second kappa shape index (κ2) is 8.11. The molecule has 9 heteroatoms. The quantitative estimate of drug-likeness (QED) is 0.543. The minimum absolute atomic E-state index is 0.0137. The molecule has 4 aliphatic rings. The number of hydrogen-bond acceptors (Lipinski definition) is 6. The first-order chi connectivity index (χ1) is 17.1. The number of aryl methyl sites for hydroxylation is 1. The fraction of sp³-hybridized carbons (Fsp3) is 0.654. The zero-order valence-electron chi connectivity index (χ0n) is 20.6. The van der Waals surface area contributed by atoms with Crippen LogP contribution in [0, 0.1) is 11.8 Å². The molecule has 3 N–H and O–H groups in total. The molecule has 5 heterocycles. The molecular formula is C26H36N8O. The van der Waals surface area contributed by atoms with Crippen LogP contribution in [-0.2, 0) is 7.05 Å². The van der Waals surface area contributed by atoms with E-state index in [2.05, 4.69) is 26.1 Å².